The number of hydrogen-bond acceptors (Lipinski definition) is 4. The Bertz CT molecular complexity index is 1160. The molecule has 2 aromatic heterocycles. The van der Waals surface area contributed by atoms with Crippen molar-refractivity contribution in [2.75, 3.05) is 6.54 Å². The van der Waals surface area contributed by atoms with E-state index < -0.39 is 0 Å². The number of aryl methyl sites for hydroxylation is 1. The Labute approximate surface area is 179 Å². The van der Waals surface area contributed by atoms with E-state index in [9.17, 15) is 4.79 Å². The molecule has 1 aromatic carbocycles. The molecule has 3 aromatic rings. The summed E-state index contributed by atoms with van der Waals surface area (Å²) in [5, 5.41) is 1.36. The second kappa shape index (κ2) is 7.38. The minimum Gasteiger partial charge on any atom is -0.296 e. The molecule has 29 heavy (non-hydrogen) atoms. The van der Waals surface area contributed by atoms with Gasteiger partial charge in [0.25, 0.3) is 5.56 Å². The maximum Gasteiger partial charge on any atom is 0.261 e. The van der Waals surface area contributed by atoms with Gasteiger partial charge in [-0.2, -0.15) is 0 Å². The number of fused-ring (bicyclic) bond motifs is 4. The van der Waals surface area contributed by atoms with Crippen LogP contribution in [0.15, 0.2) is 35.1 Å². The molecule has 5 nitrogen and oxygen atoms in total. The largest absolute Gasteiger partial charge is 0.296 e. The summed E-state index contributed by atoms with van der Waals surface area (Å²) in [6.45, 7) is 4.59. The minimum atomic E-state index is -0.0144. The smallest absolute Gasteiger partial charge is 0.261 e. The van der Waals surface area contributed by atoms with Crippen molar-refractivity contribution in [1.29, 1.82) is 0 Å². The van der Waals surface area contributed by atoms with E-state index in [0.29, 0.717) is 33.5 Å². The van der Waals surface area contributed by atoms with Crippen LogP contribution < -0.4 is 5.56 Å². The first-order valence-electron chi connectivity index (χ1n) is 10.1. The molecule has 150 valence electrons. The predicted octanol–water partition coefficient (Wildman–Crippen LogP) is 4.56. The zero-order valence-electron chi connectivity index (χ0n) is 16.2. The molecule has 2 aliphatic rings. The molecule has 4 heterocycles. The summed E-state index contributed by atoms with van der Waals surface area (Å²) >= 11 is 12.3. The first-order chi connectivity index (χ1) is 14.0. The Morgan fingerprint density at radius 2 is 1.93 bits per heavy atom. The third-order valence-corrected chi connectivity index (χ3v) is 6.93. The van der Waals surface area contributed by atoms with Gasteiger partial charge in [-0.3, -0.25) is 19.2 Å². The summed E-state index contributed by atoms with van der Waals surface area (Å²) in [5.41, 5.74) is 2.76. The van der Waals surface area contributed by atoms with E-state index >= 15 is 0 Å². The van der Waals surface area contributed by atoms with E-state index in [-0.39, 0.29) is 11.5 Å². The van der Waals surface area contributed by atoms with Crippen LogP contribution in [0.5, 0.6) is 0 Å². The normalized spacial score (nSPS) is 21.8. The monoisotopic (exact) mass is 428 g/mol. The molecular formula is C22H22Cl2N4O. The lowest BCUT2D eigenvalue weighted by Crippen LogP contribution is -2.49. The highest BCUT2D eigenvalue weighted by molar-refractivity contribution is 6.42. The molecular weight excluding hydrogens is 407 g/mol. The maximum atomic E-state index is 13.1. The molecule has 1 fully saturated rings. The maximum absolute atomic E-state index is 13.1. The molecule has 0 aliphatic carbocycles. The fraction of sp³-hybridized carbons (Fsp3) is 0.409. The third kappa shape index (κ3) is 3.35. The van der Waals surface area contributed by atoms with E-state index in [1.54, 1.807) is 12.1 Å². The van der Waals surface area contributed by atoms with Crippen LogP contribution in [0.25, 0.3) is 10.9 Å². The third-order valence-electron chi connectivity index (χ3n) is 6.21. The van der Waals surface area contributed by atoms with Crippen molar-refractivity contribution in [3.63, 3.8) is 0 Å². The summed E-state index contributed by atoms with van der Waals surface area (Å²) < 4.78 is 1.85. The summed E-state index contributed by atoms with van der Waals surface area (Å²) in [5.74, 6) is 1.13. The predicted molar refractivity (Wildman–Crippen MR) is 116 cm³/mol. The molecule has 2 atom stereocenters. The van der Waals surface area contributed by atoms with Gasteiger partial charge in [0, 0.05) is 30.7 Å². The number of benzene rings is 1. The van der Waals surface area contributed by atoms with Crippen LogP contribution in [0.1, 0.15) is 42.4 Å². The fourth-order valence-corrected chi connectivity index (χ4v) is 5.22. The second-order valence-corrected chi connectivity index (χ2v) is 8.87. The van der Waals surface area contributed by atoms with Crippen molar-refractivity contribution < 1.29 is 0 Å². The zero-order valence-corrected chi connectivity index (χ0v) is 17.7. The number of rotatable bonds is 2. The Morgan fingerprint density at radius 3 is 2.76 bits per heavy atom. The van der Waals surface area contributed by atoms with E-state index in [1.807, 2.05) is 17.6 Å². The van der Waals surface area contributed by atoms with Crippen LogP contribution in [0.2, 0.25) is 10.0 Å². The van der Waals surface area contributed by atoms with Gasteiger partial charge >= 0.3 is 0 Å². The van der Waals surface area contributed by atoms with Crippen molar-refractivity contribution in [2.45, 2.75) is 51.2 Å². The molecule has 0 unspecified atom stereocenters. The summed E-state index contributed by atoms with van der Waals surface area (Å²) in [4.78, 5) is 25.2. The van der Waals surface area contributed by atoms with Crippen molar-refractivity contribution in [3.8, 4) is 0 Å². The lowest BCUT2D eigenvalue weighted by Gasteiger charge is -2.44. The number of aromatic nitrogens is 3. The molecule has 0 amide bonds. The second-order valence-electron chi connectivity index (χ2n) is 8.06. The highest BCUT2D eigenvalue weighted by Crippen LogP contribution is 2.38. The average molecular weight is 429 g/mol. The molecule has 5 rings (SSSR count). The number of pyridine rings is 1. The quantitative estimate of drug-likeness (QED) is 0.600. The SMILES string of the molecule is Cc1cccc(CN2CCC[C@@H]3c4nc5cc(Cl)c(Cl)cc5c(=O)n4CC[C@H]32)n1. The van der Waals surface area contributed by atoms with Gasteiger partial charge in [-0.15, -0.1) is 0 Å². The van der Waals surface area contributed by atoms with Crippen molar-refractivity contribution in [2.24, 2.45) is 0 Å². The Hall–Kier alpha value is -1.95. The molecule has 2 aliphatic heterocycles. The van der Waals surface area contributed by atoms with Crippen LogP contribution in [0.4, 0.5) is 0 Å². The van der Waals surface area contributed by atoms with Gasteiger partial charge in [-0.25, -0.2) is 4.98 Å². The highest BCUT2D eigenvalue weighted by atomic mass is 35.5. The summed E-state index contributed by atoms with van der Waals surface area (Å²) in [7, 11) is 0. The highest BCUT2D eigenvalue weighted by Gasteiger charge is 2.38. The minimum absolute atomic E-state index is 0.0144. The summed E-state index contributed by atoms with van der Waals surface area (Å²) in [6.07, 6.45) is 3.07. The lowest BCUT2D eigenvalue weighted by atomic mass is 9.83. The lowest BCUT2D eigenvalue weighted by molar-refractivity contribution is 0.0876. The standard InChI is InChI=1S/C22H22Cl2N4O/c1-13-4-2-5-14(25-13)12-27-8-3-6-15-20(27)7-9-28-21(15)26-19-11-18(24)17(23)10-16(19)22(28)29/h2,4-5,10-11,15,20H,3,6-9,12H2,1H3/t15-,20+/m0/s1. The number of hydrogen-bond donors (Lipinski definition) is 0. The van der Waals surface area contributed by atoms with E-state index in [0.717, 1.165) is 49.6 Å². The number of piperidine rings is 1. The van der Waals surface area contributed by atoms with Gasteiger partial charge in [-0.1, -0.05) is 29.3 Å². The van der Waals surface area contributed by atoms with Gasteiger partial charge in [0.1, 0.15) is 5.82 Å². The van der Waals surface area contributed by atoms with Crippen molar-refractivity contribution in [3.05, 3.63) is 67.9 Å². The molecule has 0 radical (unpaired) electrons. The van der Waals surface area contributed by atoms with Gasteiger partial charge in [0.2, 0.25) is 0 Å². The van der Waals surface area contributed by atoms with Crippen LogP contribution in [-0.4, -0.2) is 32.0 Å². The van der Waals surface area contributed by atoms with Crippen molar-refractivity contribution in [1.82, 2.24) is 19.4 Å². The van der Waals surface area contributed by atoms with Crippen LogP contribution in [0.3, 0.4) is 0 Å². The number of nitrogens with zero attached hydrogens (tertiary/aromatic N) is 4. The molecule has 0 N–H and O–H groups in total. The summed E-state index contributed by atoms with van der Waals surface area (Å²) in [6, 6.07) is 9.91. The van der Waals surface area contributed by atoms with Crippen LogP contribution >= 0.6 is 23.2 Å². The molecule has 1 saturated heterocycles. The Balaban J connectivity index is 1.53. The van der Waals surface area contributed by atoms with Gasteiger partial charge < -0.3 is 0 Å². The van der Waals surface area contributed by atoms with Gasteiger partial charge in [0.15, 0.2) is 0 Å². The number of halogens is 2. The topological polar surface area (TPSA) is 51.0 Å². The fourth-order valence-electron chi connectivity index (χ4n) is 4.90. The van der Waals surface area contributed by atoms with Gasteiger partial charge in [0.05, 0.1) is 26.6 Å². The molecule has 0 spiro atoms. The zero-order chi connectivity index (χ0) is 20.1. The van der Waals surface area contributed by atoms with Crippen molar-refractivity contribution >= 4 is 34.1 Å². The van der Waals surface area contributed by atoms with Crippen LogP contribution in [0, 0.1) is 6.92 Å². The number of likely N-dealkylation sites (tertiary alicyclic amines) is 1. The van der Waals surface area contributed by atoms with Crippen LogP contribution in [-0.2, 0) is 13.1 Å². The van der Waals surface area contributed by atoms with E-state index in [1.165, 1.54) is 0 Å². The van der Waals surface area contributed by atoms with E-state index in [4.69, 9.17) is 28.2 Å². The first-order valence-corrected chi connectivity index (χ1v) is 10.8. The molecule has 0 saturated carbocycles. The molecule has 7 heteroatoms. The average Bonchev–Trinajstić information content (AvgIpc) is 2.70. The van der Waals surface area contributed by atoms with Gasteiger partial charge in [-0.05, 0) is 57.0 Å². The Morgan fingerprint density at radius 1 is 1.10 bits per heavy atom. The van der Waals surface area contributed by atoms with E-state index in [2.05, 4.69) is 22.0 Å². The first kappa shape index (κ1) is 19.0. The Kier molecular flexibility index (Phi) is 4.85. The molecule has 0 bridgehead atoms.